The van der Waals surface area contributed by atoms with Crippen LogP contribution in [0, 0.1) is 0 Å². The molecule has 1 aromatic heterocycles. The van der Waals surface area contributed by atoms with Crippen LogP contribution in [0.25, 0.3) is 0 Å². The molecule has 1 aromatic carbocycles. The Bertz CT molecular complexity index is 977. The number of carbonyl (C=O) groups excluding carboxylic acids is 1. The fourth-order valence-corrected chi connectivity index (χ4v) is 4.09. The third-order valence-electron chi connectivity index (χ3n) is 5.07. The van der Waals surface area contributed by atoms with Gasteiger partial charge >= 0.3 is 7.12 Å². The highest BCUT2D eigenvalue weighted by molar-refractivity contribution is 7.91. The Balaban J connectivity index is 1.98. The summed E-state index contributed by atoms with van der Waals surface area (Å²) in [6, 6.07) is 7.87. The van der Waals surface area contributed by atoms with Gasteiger partial charge in [-0.15, -0.1) is 11.3 Å². The van der Waals surface area contributed by atoms with Crippen molar-refractivity contribution in [1.82, 2.24) is 0 Å². The van der Waals surface area contributed by atoms with Crippen molar-refractivity contribution in [3.8, 4) is 0 Å². The standard InChI is InChI=1S/C20H28BNO6S2/c1-6-30(26,27)16-9-7-14(8-10-16)11-17(23)22-18-12-15(13-29-18)21(25)28-20(4,5)19(2,3)24/h7-10,12-13,24-25H,6,11H2,1-5H3,(H,22,23). The van der Waals surface area contributed by atoms with E-state index in [0.29, 0.717) is 16.0 Å². The smallest absolute Gasteiger partial charge is 0.423 e. The van der Waals surface area contributed by atoms with E-state index in [1.807, 2.05) is 0 Å². The van der Waals surface area contributed by atoms with Gasteiger partial charge in [-0.1, -0.05) is 19.1 Å². The Labute approximate surface area is 182 Å². The maximum absolute atomic E-state index is 12.3. The molecular weight excluding hydrogens is 425 g/mol. The lowest BCUT2D eigenvalue weighted by molar-refractivity contribution is -0.115. The molecule has 0 bridgehead atoms. The van der Waals surface area contributed by atoms with Crippen LogP contribution in [-0.2, 0) is 25.7 Å². The van der Waals surface area contributed by atoms with Crippen LogP contribution in [0.3, 0.4) is 0 Å². The summed E-state index contributed by atoms with van der Waals surface area (Å²) < 4.78 is 29.3. The number of benzene rings is 1. The van der Waals surface area contributed by atoms with Gasteiger partial charge < -0.3 is 20.1 Å². The Kier molecular flexibility index (Phi) is 7.52. The molecule has 2 aromatic rings. The molecule has 0 aliphatic rings. The number of hydrogen-bond donors (Lipinski definition) is 3. The molecule has 0 saturated heterocycles. The summed E-state index contributed by atoms with van der Waals surface area (Å²) in [5.41, 5.74) is -0.987. The summed E-state index contributed by atoms with van der Waals surface area (Å²) in [4.78, 5) is 12.5. The van der Waals surface area contributed by atoms with E-state index in [-0.39, 0.29) is 23.0 Å². The van der Waals surface area contributed by atoms with Gasteiger partial charge in [0.1, 0.15) is 0 Å². The Hall–Kier alpha value is -1.72. The van der Waals surface area contributed by atoms with Crippen LogP contribution in [0.5, 0.6) is 0 Å². The minimum Gasteiger partial charge on any atom is -0.423 e. The van der Waals surface area contributed by atoms with Gasteiger partial charge in [-0.3, -0.25) is 4.79 Å². The van der Waals surface area contributed by atoms with Crippen LogP contribution in [0.4, 0.5) is 5.00 Å². The number of anilines is 1. The number of rotatable bonds is 9. The maximum Gasteiger partial charge on any atom is 0.492 e. The van der Waals surface area contributed by atoms with Crippen molar-refractivity contribution in [2.45, 2.75) is 57.1 Å². The SMILES string of the molecule is CCS(=O)(=O)c1ccc(CC(=O)Nc2cc(B(O)OC(C)(C)C(C)(C)O)cs2)cc1. The van der Waals surface area contributed by atoms with Gasteiger partial charge in [0.25, 0.3) is 0 Å². The zero-order valence-electron chi connectivity index (χ0n) is 17.8. The molecule has 7 nitrogen and oxygen atoms in total. The number of amides is 1. The summed E-state index contributed by atoms with van der Waals surface area (Å²) in [5, 5.41) is 25.5. The first-order chi connectivity index (χ1) is 13.7. The summed E-state index contributed by atoms with van der Waals surface area (Å²) in [7, 11) is -4.52. The van der Waals surface area contributed by atoms with E-state index < -0.39 is 28.2 Å². The highest BCUT2D eigenvalue weighted by Gasteiger charge is 2.39. The molecule has 0 fully saturated rings. The van der Waals surface area contributed by atoms with Crippen LogP contribution in [0.2, 0.25) is 0 Å². The molecule has 30 heavy (non-hydrogen) atoms. The zero-order valence-corrected chi connectivity index (χ0v) is 19.4. The Morgan fingerprint density at radius 1 is 1.20 bits per heavy atom. The summed E-state index contributed by atoms with van der Waals surface area (Å²) in [6.45, 7) is 8.15. The van der Waals surface area contributed by atoms with E-state index in [9.17, 15) is 23.3 Å². The van der Waals surface area contributed by atoms with E-state index in [0.717, 1.165) is 0 Å². The lowest BCUT2D eigenvalue weighted by atomic mass is 9.78. The van der Waals surface area contributed by atoms with Crippen molar-refractivity contribution < 1.29 is 28.0 Å². The minimum atomic E-state index is -3.27. The molecule has 0 spiro atoms. The quantitative estimate of drug-likeness (QED) is 0.501. The highest BCUT2D eigenvalue weighted by atomic mass is 32.2. The van der Waals surface area contributed by atoms with Crippen molar-refractivity contribution in [2.75, 3.05) is 11.1 Å². The molecule has 0 saturated carbocycles. The lowest BCUT2D eigenvalue weighted by Crippen LogP contribution is -2.52. The molecule has 0 aliphatic heterocycles. The second-order valence-corrected chi connectivity index (χ2v) is 11.2. The number of nitrogens with one attached hydrogen (secondary N) is 1. The van der Waals surface area contributed by atoms with E-state index in [2.05, 4.69) is 5.32 Å². The average molecular weight is 453 g/mol. The summed E-state index contributed by atoms with van der Waals surface area (Å²) in [6.07, 6.45) is 0.0878. The molecule has 10 heteroatoms. The van der Waals surface area contributed by atoms with E-state index in [1.165, 1.54) is 23.5 Å². The zero-order chi connectivity index (χ0) is 22.7. The minimum absolute atomic E-state index is 0.0239. The van der Waals surface area contributed by atoms with E-state index in [1.54, 1.807) is 58.2 Å². The molecule has 2 rings (SSSR count). The monoisotopic (exact) mass is 453 g/mol. The lowest BCUT2D eigenvalue weighted by Gasteiger charge is -2.38. The molecule has 1 heterocycles. The Morgan fingerprint density at radius 3 is 2.33 bits per heavy atom. The topological polar surface area (TPSA) is 113 Å². The predicted octanol–water partition coefficient (Wildman–Crippen LogP) is 1.98. The predicted molar refractivity (Wildman–Crippen MR) is 120 cm³/mol. The molecular formula is C20H28BNO6S2. The summed E-state index contributed by atoms with van der Waals surface area (Å²) >= 11 is 1.25. The van der Waals surface area contributed by atoms with Gasteiger partial charge in [0.05, 0.1) is 33.3 Å². The molecule has 0 aliphatic carbocycles. The Morgan fingerprint density at radius 2 is 1.80 bits per heavy atom. The summed E-state index contributed by atoms with van der Waals surface area (Å²) in [5.74, 6) is -0.238. The van der Waals surface area contributed by atoms with Crippen molar-refractivity contribution >= 4 is 44.7 Å². The molecule has 1 amide bonds. The number of aliphatic hydroxyl groups is 1. The van der Waals surface area contributed by atoms with Crippen LogP contribution < -0.4 is 10.8 Å². The fraction of sp³-hybridized carbons (Fsp3) is 0.450. The van der Waals surface area contributed by atoms with Crippen LogP contribution >= 0.6 is 11.3 Å². The van der Waals surface area contributed by atoms with Crippen LogP contribution in [-0.4, -0.2) is 48.5 Å². The van der Waals surface area contributed by atoms with Crippen LogP contribution in [0.15, 0.2) is 40.6 Å². The fourth-order valence-electron chi connectivity index (χ4n) is 2.39. The van der Waals surface area contributed by atoms with Gasteiger partial charge in [0.15, 0.2) is 9.84 Å². The first kappa shape index (κ1) is 24.6. The van der Waals surface area contributed by atoms with Gasteiger partial charge in [-0.2, -0.15) is 0 Å². The molecule has 0 unspecified atom stereocenters. The van der Waals surface area contributed by atoms with Gasteiger partial charge in [-0.05, 0) is 62.3 Å². The second-order valence-electron chi connectivity index (χ2n) is 8.06. The third-order valence-corrected chi connectivity index (χ3v) is 7.69. The average Bonchev–Trinajstić information content (AvgIpc) is 3.09. The number of sulfone groups is 1. The van der Waals surface area contributed by atoms with Gasteiger partial charge in [-0.25, -0.2) is 8.42 Å². The second kappa shape index (κ2) is 9.19. The molecule has 3 N–H and O–H groups in total. The number of thiophene rings is 1. The maximum atomic E-state index is 12.3. The van der Waals surface area contributed by atoms with Crippen molar-refractivity contribution in [1.29, 1.82) is 0 Å². The highest BCUT2D eigenvalue weighted by Crippen LogP contribution is 2.26. The van der Waals surface area contributed by atoms with E-state index in [4.69, 9.17) is 4.65 Å². The molecule has 164 valence electrons. The number of carbonyl (C=O) groups is 1. The van der Waals surface area contributed by atoms with Gasteiger partial charge in [0.2, 0.25) is 5.91 Å². The first-order valence-corrected chi connectivity index (χ1v) is 12.1. The third kappa shape index (κ3) is 6.15. The van der Waals surface area contributed by atoms with Crippen molar-refractivity contribution in [3.63, 3.8) is 0 Å². The van der Waals surface area contributed by atoms with Gasteiger partial charge in [0, 0.05) is 0 Å². The van der Waals surface area contributed by atoms with Crippen LogP contribution in [0.1, 0.15) is 40.2 Å². The van der Waals surface area contributed by atoms with E-state index >= 15 is 0 Å². The number of hydrogen-bond acceptors (Lipinski definition) is 7. The molecule has 0 radical (unpaired) electrons. The largest absolute Gasteiger partial charge is 0.492 e. The normalized spacial score (nSPS) is 12.6. The first-order valence-electron chi connectivity index (χ1n) is 9.53. The van der Waals surface area contributed by atoms with Crippen molar-refractivity contribution in [3.05, 3.63) is 41.3 Å². The molecule has 0 atom stereocenters. The van der Waals surface area contributed by atoms with Crippen molar-refractivity contribution in [2.24, 2.45) is 0 Å².